The van der Waals surface area contributed by atoms with Crippen LogP contribution in [0, 0.1) is 6.92 Å². The van der Waals surface area contributed by atoms with Crippen LogP contribution in [-0.4, -0.2) is 9.55 Å². The van der Waals surface area contributed by atoms with Gasteiger partial charge in [-0.3, -0.25) is 4.98 Å². The molecule has 0 N–H and O–H groups in total. The summed E-state index contributed by atoms with van der Waals surface area (Å²) in [7, 11) is 0. The van der Waals surface area contributed by atoms with E-state index in [1.807, 2.05) is 12.3 Å². The third-order valence-corrected chi connectivity index (χ3v) is 8.12. The van der Waals surface area contributed by atoms with E-state index in [0.717, 1.165) is 16.9 Å². The van der Waals surface area contributed by atoms with Crippen LogP contribution in [-0.2, 0) is 0 Å². The van der Waals surface area contributed by atoms with E-state index >= 15 is 0 Å². The Hall–Kier alpha value is -5.21. The van der Waals surface area contributed by atoms with Crippen LogP contribution in [0.5, 0.6) is 0 Å². The molecule has 2 heterocycles. The lowest BCUT2D eigenvalue weighted by molar-refractivity contribution is 1.19. The highest BCUT2D eigenvalue weighted by molar-refractivity contribution is 6.19. The molecule has 0 spiro atoms. The summed E-state index contributed by atoms with van der Waals surface area (Å²) in [6, 6.07) is 48.3. The van der Waals surface area contributed by atoms with E-state index in [1.165, 1.54) is 60.0 Å². The van der Waals surface area contributed by atoms with E-state index < -0.39 is 0 Å². The predicted molar refractivity (Wildman–Crippen MR) is 169 cm³/mol. The summed E-state index contributed by atoms with van der Waals surface area (Å²) in [5.74, 6) is 0. The number of hydrogen-bond acceptors (Lipinski definition) is 1. The molecule has 0 saturated carbocycles. The van der Waals surface area contributed by atoms with Crippen LogP contribution < -0.4 is 0 Å². The number of aryl methyl sites for hydroxylation is 1. The number of aromatic nitrogens is 2. The Balaban J connectivity index is 1.41. The van der Waals surface area contributed by atoms with Gasteiger partial charge in [0, 0.05) is 33.6 Å². The van der Waals surface area contributed by atoms with Crippen molar-refractivity contribution in [2.24, 2.45) is 0 Å². The first-order valence-electron chi connectivity index (χ1n) is 13.7. The maximum Gasteiger partial charge on any atom is 0.0731 e. The zero-order valence-corrected chi connectivity index (χ0v) is 22.2. The summed E-state index contributed by atoms with van der Waals surface area (Å²) in [4.78, 5) is 4.67. The quantitative estimate of drug-likeness (QED) is 0.231. The first-order chi connectivity index (χ1) is 19.7. The minimum absolute atomic E-state index is 1.04. The van der Waals surface area contributed by atoms with E-state index in [1.54, 1.807) is 0 Å². The summed E-state index contributed by atoms with van der Waals surface area (Å²) in [6.07, 6.45) is 1.87. The molecule has 0 atom stereocenters. The number of nitrogens with zero attached hydrogens (tertiary/aromatic N) is 2. The van der Waals surface area contributed by atoms with Crippen molar-refractivity contribution in [3.8, 4) is 28.1 Å². The van der Waals surface area contributed by atoms with Crippen molar-refractivity contribution in [2.45, 2.75) is 6.92 Å². The Bertz CT molecular complexity index is 2220. The molecule has 2 aromatic heterocycles. The molecule has 2 heteroatoms. The molecule has 188 valence electrons. The molecule has 0 aliphatic heterocycles. The van der Waals surface area contributed by atoms with Crippen molar-refractivity contribution < 1.29 is 0 Å². The zero-order valence-electron chi connectivity index (χ0n) is 22.2. The third-order valence-electron chi connectivity index (χ3n) is 8.12. The molecule has 0 aliphatic carbocycles. The van der Waals surface area contributed by atoms with Crippen molar-refractivity contribution in [2.75, 3.05) is 0 Å². The lowest BCUT2D eigenvalue weighted by Gasteiger charge is -2.12. The minimum Gasteiger partial charge on any atom is -0.309 e. The van der Waals surface area contributed by atoms with E-state index in [2.05, 4.69) is 144 Å². The van der Waals surface area contributed by atoms with Gasteiger partial charge in [-0.15, -0.1) is 0 Å². The molecule has 6 aromatic carbocycles. The van der Waals surface area contributed by atoms with Crippen molar-refractivity contribution in [1.29, 1.82) is 0 Å². The van der Waals surface area contributed by atoms with E-state index in [0.29, 0.717) is 0 Å². The summed E-state index contributed by atoms with van der Waals surface area (Å²) >= 11 is 0. The Morgan fingerprint density at radius 2 is 1.18 bits per heavy atom. The maximum absolute atomic E-state index is 4.67. The minimum atomic E-state index is 1.04. The van der Waals surface area contributed by atoms with Crippen molar-refractivity contribution in [3.05, 3.63) is 145 Å². The molecular weight excluding hydrogens is 484 g/mol. The second-order valence-corrected chi connectivity index (χ2v) is 10.5. The van der Waals surface area contributed by atoms with E-state index in [-0.39, 0.29) is 0 Å². The smallest absolute Gasteiger partial charge is 0.0731 e. The summed E-state index contributed by atoms with van der Waals surface area (Å²) in [6.45, 7) is 2.12. The third kappa shape index (κ3) is 3.54. The molecule has 0 aliphatic rings. The zero-order chi connectivity index (χ0) is 26.6. The van der Waals surface area contributed by atoms with Gasteiger partial charge in [0.05, 0.1) is 16.7 Å². The average molecular weight is 511 g/mol. The number of para-hydroxylation sites is 1. The van der Waals surface area contributed by atoms with Gasteiger partial charge in [-0.25, -0.2) is 0 Å². The molecule has 40 heavy (non-hydrogen) atoms. The van der Waals surface area contributed by atoms with Gasteiger partial charge in [-0.2, -0.15) is 0 Å². The van der Waals surface area contributed by atoms with Crippen molar-refractivity contribution >= 4 is 43.4 Å². The number of hydrogen-bond donors (Lipinski definition) is 0. The lowest BCUT2D eigenvalue weighted by Crippen LogP contribution is -1.94. The fraction of sp³-hybridized carbons (Fsp3) is 0.0263. The van der Waals surface area contributed by atoms with Crippen LogP contribution in [0.3, 0.4) is 0 Å². The highest BCUT2D eigenvalue weighted by Gasteiger charge is 2.17. The van der Waals surface area contributed by atoms with Gasteiger partial charge in [0.25, 0.3) is 0 Å². The van der Waals surface area contributed by atoms with Crippen LogP contribution in [0.2, 0.25) is 0 Å². The van der Waals surface area contributed by atoms with Gasteiger partial charge in [-0.05, 0) is 76.2 Å². The second kappa shape index (κ2) is 8.93. The van der Waals surface area contributed by atoms with E-state index in [4.69, 9.17) is 0 Å². The topological polar surface area (TPSA) is 17.8 Å². The normalized spacial score (nSPS) is 11.6. The lowest BCUT2D eigenvalue weighted by atomic mass is 9.99. The Morgan fingerprint density at radius 3 is 2.05 bits per heavy atom. The standard InChI is InChI=1S/C38H26N2/c1-25-8-7-21-39-37(25)31-17-18-33-30(23-31)16-20-35-34-19-15-29(28-14-13-26-9-5-6-10-27(26)22-28)24-36(34)40(38(33)35)32-11-3-2-4-12-32/h2-24H,1H3. The molecule has 0 unspecified atom stereocenters. The second-order valence-electron chi connectivity index (χ2n) is 10.5. The summed E-state index contributed by atoms with van der Waals surface area (Å²) < 4.78 is 2.43. The Kier molecular flexibility index (Phi) is 5.08. The Morgan fingerprint density at radius 1 is 0.500 bits per heavy atom. The van der Waals surface area contributed by atoms with Crippen molar-refractivity contribution in [1.82, 2.24) is 9.55 Å². The highest BCUT2D eigenvalue weighted by Crippen LogP contribution is 2.39. The number of rotatable bonds is 3. The largest absolute Gasteiger partial charge is 0.309 e. The van der Waals surface area contributed by atoms with Gasteiger partial charge in [0.15, 0.2) is 0 Å². The van der Waals surface area contributed by atoms with Crippen LogP contribution in [0.4, 0.5) is 0 Å². The predicted octanol–water partition coefficient (Wildman–Crippen LogP) is 10.1. The first-order valence-corrected chi connectivity index (χ1v) is 13.7. The molecule has 8 rings (SSSR count). The number of benzene rings is 6. The van der Waals surface area contributed by atoms with Gasteiger partial charge < -0.3 is 4.57 Å². The van der Waals surface area contributed by atoms with Gasteiger partial charge in [-0.1, -0.05) is 97.1 Å². The van der Waals surface area contributed by atoms with Gasteiger partial charge >= 0.3 is 0 Å². The fourth-order valence-corrected chi connectivity index (χ4v) is 6.17. The first kappa shape index (κ1) is 22.7. The van der Waals surface area contributed by atoms with Gasteiger partial charge in [0.1, 0.15) is 0 Å². The average Bonchev–Trinajstić information content (AvgIpc) is 3.35. The fourth-order valence-electron chi connectivity index (χ4n) is 6.17. The Labute approximate surface area is 232 Å². The maximum atomic E-state index is 4.67. The SMILES string of the molecule is Cc1cccnc1-c1ccc2c(ccc3c4ccc(-c5ccc6ccccc6c5)cc4n(-c4ccccc4)c23)c1. The van der Waals surface area contributed by atoms with E-state index in [9.17, 15) is 0 Å². The molecule has 0 saturated heterocycles. The summed E-state index contributed by atoms with van der Waals surface area (Å²) in [5, 5.41) is 7.49. The monoisotopic (exact) mass is 510 g/mol. The van der Waals surface area contributed by atoms with Crippen LogP contribution >= 0.6 is 0 Å². The molecule has 0 bridgehead atoms. The van der Waals surface area contributed by atoms with Crippen LogP contribution in [0.1, 0.15) is 5.56 Å². The number of fused-ring (bicyclic) bond motifs is 6. The molecular formula is C38H26N2. The molecule has 0 fully saturated rings. The molecule has 8 aromatic rings. The van der Waals surface area contributed by atoms with Crippen LogP contribution in [0.15, 0.2) is 140 Å². The molecule has 0 amide bonds. The van der Waals surface area contributed by atoms with Crippen molar-refractivity contribution in [3.63, 3.8) is 0 Å². The highest BCUT2D eigenvalue weighted by atomic mass is 15.0. The number of pyridine rings is 1. The van der Waals surface area contributed by atoms with Gasteiger partial charge in [0.2, 0.25) is 0 Å². The molecule has 2 nitrogen and oxygen atoms in total. The molecule has 0 radical (unpaired) electrons. The summed E-state index contributed by atoms with van der Waals surface area (Å²) in [5.41, 5.74) is 9.42. The van der Waals surface area contributed by atoms with Crippen LogP contribution in [0.25, 0.3) is 71.4 Å².